The lowest BCUT2D eigenvalue weighted by Crippen LogP contribution is -2.39. The van der Waals surface area contributed by atoms with Crippen molar-refractivity contribution in [3.63, 3.8) is 0 Å². The van der Waals surface area contributed by atoms with E-state index in [2.05, 4.69) is 24.4 Å². The van der Waals surface area contributed by atoms with Crippen molar-refractivity contribution >= 4 is 27.8 Å². The van der Waals surface area contributed by atoms with E-state index in [-0.39, 0.29) is 10.8 Å². The minimum atomic E-state index is -3.99. The van der Waals surface area contributed by atoms with Crippen LogP contribution >= 0.6 is 0 Å². The molecule has 1 amide bonds. The van der Waals surface area contributed by atoms with Crippen LogP contribution in [0, 0.1) is 0 Å². The number of amides is 1. The average Bonchev–Trinajstić information content (AvgIpc) is 2.89. The Kier molecular flexibility index (Phi) is 9.68. The van der Waals surface area contributed by atoms with Gasteiger partial charge >= 0.3 is 0 Å². The number of rotatable bonds is 12. The molecule has 196 valence electrons. The molecule has 8 nitrogen and oxygen atoms in total. The maximum absolute atomic E-state index is 13.4. The predicted molar refractivity (Wildman–Crippen MR) is 146 cm³/mol. The van der Waals surface area contributed by atoms with Crippen LogP contribution in [0.25, 0.3) is 0 Å². The van der Waals surface area contributed by atoms with Crippen molar-refractivity contribution < 1.29 is 22.7 Å². The first kappa shape index (κ1) is 27.7. The molecule has 37 heavy (non-hydrogen) atoms. The molecule has 0 fully saturated rings. The van der Waals surface area contributed by atoms with Crippen LogP contribution in [-0.4, -0.2) is 40.3 Å². The summed E-state index contributed by atoms with van der Waals surface area (Å²) in [6.45, 7) is 8.42. The van der Waals surface area contributed by atoms with E-state index in [4.69, 9.17) is 9.47 Å². The van der Waals surface area contributed by atoms with Crippen LogP contribution in [0.5, 0.6) is 11.5 Å². The molecule has 0 saturated carbocycles. The maximum Gasteiger partial charge on any atom is 0.264 e. The monoisotopic (exact) mass is 523 g/mol. The van der Waals surface area contributed by atoms with Crippen LogP contribution in [-0.2, 0) is 14.8 Å². The third kappa shape index (κ3) is 7.33. The summed E-state index contributed by atoms with van der Waals surface area (Å²) in [5.41, 5.74) is 4.57. The molecular formula is C28H33N3O5S. The number of carbonyl (C=O) groups is 1. The van der Waals surface area contributed by atoms with Gasteiger partial charge in [0.15, 0.2) is 11.5 Å². The first-order valence-electron chi connectivity index (χ1n) is 12.2. The largest absolute Gasteiger partial charge is 0.490 e. The van der Waals surface area contributed by atoms with E-state index in [0.29, 0.717) is 36.0 Å². The van der Waals surface area contributed by atoms with E-state index in [1.807, 2.05) is 26.0 Å². The number of anilines is 1. The number of nitrogens with one attached hydrogen (secondary N) is 1. The van der Waals surface area contributed by atoms with Gasteiger partial charge < -0.3 is 9.47 Å². The molecule has 0 atom stereocenters. The van der Waals surface area contributed by atoms with Gasteiger partial charge in [-0.15, -0.1) is 0 Å². The topological polar surface area (TPSA) is 97.3 Å². The number of sulfonamides is 1. The van der Waals surface area contributed by atoms with Crippen LogP contribution in [0.1, 0.15) is 44.7 Å². The Morgan fingerprint density at radius 3 is 2.22 bits per heavy atom. The van der Waals surface area contributed by atoms with Gasteiger partial charge in [0.05, 0.1) is 30.0 Å². The average molecular weight is 524 g/mol. The van der Waals surface area contributed by atoms with Crippen LogP contribution < -0.4 is 19.2 Å². The fourth-order valence-electron chi connectivity index (χ4n) is 3.55. The molecular weight excluding hydrogens is 490 g/mol. The van der Waals surface area contributed by atoms with E-state index >= 15 is 0 Å². The normalized spacial score (nSPS) is 11.5. The summed E-state index contributed by atoms with van der Waals surface area (Å²) in [6.07, 6.45) is 1.46. The molecule has 0 saturated heterocycles. The van der Waals surface area contributed by atoms with Gasteiger partial charge in [-0.2, -0.15) is 5.10 Å². The molecule has 1 N–H and O–H groups in total. The Labute approximate surface area is 219 Å². The molecule has 0 aliphatic carbocycles. The van der Waals surface area contributed by atoms with E-state index in [0.717, 1.165) is 9.87 Å². The first-order valence-corrected chi connectivity index (χ1v) is 13.6. The lowest BCUT2D eigenvalue weighted by molar-refractivity contribution is -0.119. The summed E-state index contributed by atoms with van der Waals surface area (Å²) in [7, 11) is -3.99. The summed E-state index contributed by atoms with van der Waals surface area (Å²) < 4.78 is 39.2. The molecule has 3 aromatic rings. The zero-order valence-corrected chi connectivity index (χ0v) is 22.4. The number of ether oxygens (including phenoxy) is 2. The van der Waals surface area contributed by atoms with Crippen LogP contribution in [0.3, 0.4) is 0 Å². The van der Waals surface area contributed by atoms with Gasteiger partial charge in [0.1, 0.15) is 6.54 Å². The second-order valence-corrected chi connectivity index (χ2v) is 10.3. The number of carbonyl (C=O) groups excluding carboxylic acids is 1. The fraction of sp³-hybridized carbons (Fsp3) is 0.286. The van der Waals surface area contributed by atoms with Gasteiger partial charge in [0.25, 0.3) is 15.9 Å². The molecule has 0 heterocycles. The van der Waals surface area contributed by atoms with Crippen LogP contribution in [0.15, 0.2) is 82.8 Å². The Balaban J connectivity index is 1.80. The summed E-state index contributed by atoms with van der Waals surface area (Å²) in [5, 5.41) is 4.01. The lowest BCUT2D eigenvalue weighted by atomic mass is 10.0. The van der Waals surface area contributed by atoms with Crippen molar-refractivity contribution in [2.24, 2.45) is 5.10 Å². The van der Waals surface area contributed by atoms with Crippen molar-refractivity contribution in [3.8, 4) is 11.5 Å². The highest BCUT2D eigenvalue weighted by Gasteiger charge is 2.27. The van der Waals surface area contributed by atoms with E-state index in [1.54, 1.807) is 48.5 Å². The summed E-state index contributed by atoms with van der Waals surface area (Å²) >= 11 is 0. The molecule has 9 heteroatoms. The highest BCUT2D eigenvalue weighted by Crippen LogP contribution is 2.28. The molecule has 3 rings (SSSR count). The molecule has 0 unspecified atom stereocenters. The molecule has 0 aliphatic rings. The number of hydrazone groups is 1. The van der Waals surface area contributed by atoms with Crippen LogP contribution in [0.4, 0.5) is 5.69 Å². The smallest absolute Gasteiger partial charge is 0.264 e. The molecule has 0 aromatic heterocycles. The quantitative estimate of drug-likeness (QED) is 0.268. The van der Waals surface area contributed by atoms with Gasteiger partial charge in [-0.3, -0.25) is 9.10 Å². The number of hydrogen-bond acceptors (Lipinski definition) is 6. The van der Waals surface area contributed by atoms with Crippen molar-refractivity contribution in [2.45, 2.75) is 38.5 Å². The third-order valence-corrected chi connectivity index (χ3v) is 7.22. The third-order valence-electron chi connectivity index (χ3n) is 5.44. The summed E-state index contributed by atoms with van der Waals surface area (Å²) in [5.74, 6) is 0.900. The second kappa shape index (κ2) is 12.9. The molecule has 3 aromatic carbocycles. The van der Waals surface area contributed by atoms with Gasteiger partial charge in [-0.25, -0.2) is 13.8 Å². The van der Waals surface area contributed by atoms with E-state index < -0.39 is 22.5 Å². The van der Waals surface area contributed by atoms with Crippen molar-refractivity contribution in [2.75, 3.05) is 24.1 Å². The first-order chi connectivity index (χ1) is 17.8. The Hall–Kier alpha value is -3.85. The number of benzene rings is 3. The van der Waals surface area contributed by atoms with Crippen molar-refractivity contribution in [3.05, 3.63) is 83.9 Å². The van der Waals surface area contributed by atoms with Gasteiger partial charge in [0, 0.05) is 0 Å². The fourth-order valence-corrected chi connectivity index (χ4v) is 4.99. The number of hydrogen-bond donors (Lipinski definition) is 1. The zero-order chi connectivity index (χ0) is 26.8. The summed E-state index contributed by atoms with van der Waals surface area (Å²) in [6, 6.07) is 20.5. The molecule has 0 radical (unpaired) electrons. The SMILES string of the molecule is CCOc1ccc(/C=N\NC(=O)CN(c2ccc(C(C)C)cc2)S(=O)(=O)c2ccccc2)cc1OCC. The van der Waals surface area contributed by atoms with E-state index in [1.165, 1.54) is 18.3 Å². The molecule has 0 spiro atoms. The van der Waals surface area contributed by atoms with Gasteiger partial charge in [0.2, 0.25) is 0 Å². The minimum absolute atomic E-state index is 0.0945. The van der Waals surface area contributed by atoms with Gasteiger partial charge in [-0.1, -0.05) is 44.2 Å². The summed E-state index contributed by atoms with van der Waals surface area (Å²) in [4.78, 5) is 12.9. The van der Waals surface area contributed by atoms with Crippen LogP contribution in [0.2, 0.25) is 0 Å². The maximum atomic E-state index is 13.4. The zero-order valence-electron chi connectivity index (χ0n) is 21.5. The lowest BCUT2D eigenvalue weighted by Gasteiger charge is -2.24. The van der Waals surface area contributed by atoms with Crippen molar-refractivity contribution in [1.29, 1.82) is 0 Å². The Bertz CT molecular complexity index is 1310. The molecule has 0 bridgehead atoms. The Morgan fingerprint density at radius 2 is 1.59 bits per heavy atom. The number of nitrogens with zero attached hydrogens (tertiary/aromatic N) is 2. The molecule has 0 aliphatic heterocycles. The van der Waals surface area contributed by atoms with Crippen molar-refractivity contribution in [1.82, 2.24) is 5.43 Å². The highest BCUT2D eigenvalue weighted by molar-refractivity contribution is 7.92. The second-order valence-electron chi connectivity index (χ2n) is 8.44. The standard InChI is InChI=1S/C28H33N3O5S/c1-5-35-26-17-12-22(18-27(26)36-6-2)19-29-30-28(32)20-31(24-15-13-23(14-16-24)21(3)4)37(33,34)25-10-8-7-9-11-25/h7-19,21H,5-6,20H2,1-4H3,(H,30,32)/b29-19-. The van der Waals surface area contributed by atoms with Gasteiger partial charge in [-0.05, 0) is 73.4 Å². The van der Waals surface area contributed by atoms with E-state index in [9.17, 15) is 13.2 Å². The minimum Gasteiger partial charge on any atom is -0.490 e. The highest BCUT2D eigenvalue weighted by atomic mass is 32.2. The predicted octanol–water partition coefficient (Wildman–Crippen LogP) is 4.95. The Morgan fingerprint density at radius 1 is 0.946 bits per heavy atom.